The van der Waals surface area contributed by atoms with Crippen LogP contribution in [0.3, 0.4) is 0 Å². The molecule has 4 heteroatoms. The van der Waals surface area contributed by atoms with Crippen LogP contribution in [0, 0.1) is 0 Å². The molecule has 0 aliphatic carbocycles. The average molecular weight is 332 g/mol. The van der Waals surface area contributed by atoms with Crippen LogP contribution in [0.2, 0.25) is 0 Å². The number of amides is 1. The van der Waals surface area contributed by atoms with E-state index in [1.807, 2.05) is 38.1 Å². The summed E-state index contributed by atoms with van der Waals surface area (Å²) in [6, 6.07) is 14.1. The van der Waals surface area contributed by atoms with Crippen molar-refractivity contribution in [3.8, 4) is 11.1 Å². The van der Waals surface area contributed by atoms with Gasteiger partial charge in [-0.15, -0.1) is 0 Å². The largest absolute Gasteiger partial charge is 0.438 e. The number of hydrogen-bond donors (Lipinski definition) is 1. The topological polar surface area (TPSA) is 38.3 Å². The second kappa shape index (κ2) is 4.63. The Morgan fingerprint density at radius 2 is 1.85 bits per heavy atom. The highest BCUT2D eigenvalue weighted by molar-refractivity contribution is 9.10. The maximum atomic E-state index is 11.5. The molecular formula is C16H14BrNO2. The molecule has 0 atom stereocenters. The van der Waals surface area contributed by atoms with Gasteiger partial charge in [-0.1, -0.05) is 34.1 Å². The lowest BCUT2D eigenvalue weighted by Crippen LogP contribution is -2.34. The molecule has 2 aromatic rings. The first-order valence-corrected chi connectivity index (χ1v) is 7.15. The molecule has 0 saturated heterocycles. The predicted molar refractivity (Wildman–Crippen MR) is 82.7 cm³/mol. The van der Waals surface area contributed by atoms with Crippen LogP contribution >= 0.6 is 15.9 Å². The Morgan fingerprint density at radius 1 is 1.10 bits per heavy atom. The van der Waals surface area contributed by atoms with E-state index in [2.05, 4.69) is 39.4 Å². The second-order valence-electron chi connectivity index (χ2n) is 5.30. The number of hydrogen-bond acceptors (Lipinski definition) is 2. The number of ether oxygens (including phenoxy) is 1. The number of halogens is 1. The normalized spacial score (nSPS) is 16.1. The SMILES string of the molecule is CC1(C)OC(=O)Nc2ccc(-c3cccc(Br)c3)cc21. The maximum Gasteiger partial charge on any atom is 0.412 e. The van der Waals surface area contributed by atoms with Crippen molar-refractivity contribution in [3.05, 3.63) is 52.5 Å². The lowest BCUT2D eigenvalue weighted by atomic mass is 9.91. The molecule has 0 fully saturated rings. The molecule has 0 bridgehead atoms. The van der Waals surface area contributed by atoms with Gasteiger partial charge in [-0.25, -0.2) is 4.79 Å². The third-order valence-electron chi connectivity index (χ3n) is 3.41. The van der Waals surface area contributed by atoms with Gasteiger partial charge in [-0.05, 0) is 49.2 Å². The average Bonchev–Trinajstić information content (AvgIpc) is 2.37. The van der Waals surface area contributed by atoms with Gasteiger partial charge in [0, 0.05) is 10.0 Å². The summed E-state index contributed by atoms with van der Waals surface area (Å²) in [5, 5.41) is 2.74. The molecule has 3 nitrogen and oxygen atoms in total. The standard InChI is InChI=1S/C16H14BrNO2/c1-16(2)13-9-11(10-4-3-5-12(17)8-10)6-7-14(13)18-15(19)20-16/h3-9H,1-2H3,(H,18,19). The zero-order valence-corrected chi connectivity index (χ0v) is 12.8. The lowest BCUT2D eigenvalue weighted by molar-refractivity contribution is 0.0421. The Labute approximate surface area is 126 Å². The van der Waals surface area contributed by atoms with Crippen LogP contribution in [0.5, 0.6) is 0 Å². The lowest BCUT2D eigenvalue weighted by Gasteiger charge is -2.32. The summed E-state index contributed by atoms with van der Waals surface area (Å²) in [7, 11) is 0. The van der Waals surface area contributed by atoms with E-state index in [0.29, 0.717) is 0 Å². The summed E-state index contributed by atoms with van der Waals surface area (Å²) < 4.78 is 6.39. The molecule has 0 unspecified atom stereocenters. The van der Waals surface area contributed by atoms with E-state index in [1.54, 1.807) is 0 Å². The van der Waals surface area contributed by atoms with E-state index >= 15 is 0 Å². The zero-order valence-electron chi connectivity index (χ0n) is 11.2. The first-order chi connectivity index (χ1) is 9.45. The van der Waals surface area contributed by atoms with Crippen molar-refractivity contribution < 1.29 is 9.53 Å². The molecular weight excluding hydrogens is 318 g/mol. The minimum Gasteiger partial charge on any atom is -0.438 e. The fourth-order valence-corrected chi connectivity index (χ4v) is 2.82. The molecule has 1 aliphatic heterocycles. The van der Waals surface area contributed by atoms with Gasteiger partial charge in [0.1, 0.15) is 5.60 Å². The summed E-state index contributed by atoms with van der Waals surface area (Å²) in [6.45, 7) is 3.80. The van der Waals surface area contributed by atoms with Crippen molar-refractivity contribution >= 4 is 27.7 Å². The summed E-state index contributed by atoms with van der Waals surface area (Å²) in [5.41, 5.74) is 3.38. The van der Waals surface area contributed by atoms with Gasteiger partial charge < -0.3 is 4.74 Å². The van der Waals surface area contributed by atoms with Crippen LogP contribution in [0.1, 0.15) is 19.4 Å². The van der Waals surface area contributed by atoms with Gasteiger partial charge >= 0.3 is 6.09 Å². The van der Waals surface area contributed by atoms with Crippen LogP contribution in [-0.2, 0) is 10.3 Å². The first-order valence-electron chi connectivity index (χ1n) is 6.36. The van der Waals surface area contributed by atoms with E-state index in [0.717, 1.165) is 26.9 Å². The van der Waals surface area contributed by atoms with Crippen LogP contribution in [0.15, 0.2) is 46.9 Å². The van der Waals surface area contributed by atoms with Crippen LogP contribution in [0.4, 0.5) is 10.5 Å². The van der Waals surface area contributed by atoms with E-state index in [-0.39, 0.29) is 0 Å². The highest BCUT2D eigenvalue weighted by atomic mass is 79.9. The van der Waals surface area contributed by atoms with Crippen molar-refractivity contribution in [1.29, 1.82) is 0 Å². The first kappa shape index (κ1) is 13.2. The fourth-order valence-electron chi connectivity index (χ4n) is 2.42. The van der Waals surface area contributed by atoms with Crippen molar-refractivity contribution in [1.82, 2.24) is 0 Å². The smallest absolute Gasteiger partial charge is 0.412 e. The third kappa shape index (κ3) is 2.31. The fraction of sp³-hybridized carbons (Fsp3) is 0.188. The van der Waals surface area contributed by atoms with Gasteiger partial charge in [0.05, 0.1) is 5.69 Å². The Bertz CT molecular complexity index is 695. The van der Waals surface area contributed by atoms with Crippen molar-refractivity contribution in [2.75, 3.05) is 5.32 Å². The molecule has 0 spiro atoms. The van der Waals surface area contributed by atoms with E-state index in [1.165, 1.54) is 0 Å². The van der Waals surface area contributed by atoms with E-state index in [9.17, 15) is 4.79 Å². The highest BCUT2D eigenvalue weighted by Crippen LogP contribution is 2.38. The van der Waals surface area contributed by atoms with Crippen molar-refractivity contribution in [2.24, 2.45) is 0 Å². The van der Waals surface area contributed by atoms with Gasteiger partial charge in [0.15, 0.2) is 0 Å². The molecule has 102 valence electrons. The Balaban J connectivity index is 2.12. The van der Waals surface area contributed by atoms with E-state index in [4.69, 9.17) is 4.74 Å². The van der Waals surface area contributed by atoms with Gasteiger partial charge in [-0.3, -0.25) is 5.32 Å². The zero-order chi connectivity index (χ0) is 14.3. The van der Waals surface area contributed by atoms with Crippen molar-refractivity contribution in [3.63, 3.8) is 0 Å². The maximum absolute atomic E-state index is 11.5. The van der Waals surface area contributed by atoms with Crippen LogP contribution in [-0.4, -0.2) is 6.09 Å². The molecule has 1 N–H and O–H groups in total. The number of carbonyl (C=O) groups excluding carboxylic acids is 1. The van der Waals surface area contributed by atoms with Crippen LogP contribution in [0.25, 0.3) is 11.1 Å². The molecule has 0 aromatic heterocycles. The summed E-state index contributed by atoms with van der Waals surface area (Å²) in [5.74, 6) is 0. The van der Waals surface area contributed by atoms with Gasteiger partial charge in [0.2, 0.25) is 0 Å². The molecule has 3 rings (SSSR count). The Kier molecular flexibility index (Phi) is 3.05. The van der Waals surface area contributed by atoms with Crippen molar-refractivity contribution in [2.45, 2.75) is 19.4 Å². The molecule has 2 aromatic carbocycles. The molecule has 1 amide bonds. The summed E-state index contributed by atoms with van der Waals surface area (Å²) >= 11 is 3.48. The van der Waals surface area contributed by atoms with Gasteiger partial charge in [-0.2, -0.15) is 0 Å². The highest BCUT2D eigenvalue weighted by Gasteiger charge is 2.33. The minimum atomic E-state index is -0.625. The summed E-state index contributed by atoms with van der Waals surface area (Å²) in [4.78, 5) is 11.5. The van der Waals surface area contributed by atoms with E-state index < -0.39 is 11.7 Å². The third-order valence-corrected chi connectivity index (χ3v) is 3.90. The number of nitrogens with one attached hydrogen (secondary N) is 1. The van der Waals surface area contributed by atoms with Gasteiger partial charge in [0.25, 0.3) is 0 Å². The number of fused-ring (bicyclic) bond motifs is 1. The number of rotatable bonds is 1. The molecule has 1 heterocycles. The molecule has 0 radical (unpaired) electrons. The molecule has 0 saturated carbocycles. The number of cyclic esters (lactones) is 1. The predicted octanol–water partition coefficient (Wildman–Crippen LogP) is 4.91. The van der Waals surface area contributed by atoms with Crippen LogP contribution < -0.4 is 5.32 Å². The quantitative estimate of drug-likeness (QED) is 0.805. The number of carbonyl (C=O) groups is 1. The minimum absolute atomic E-state index is 0.405. The monoisotopic (exact) mass is 331 g/mol. The second-order valence-corrected chi connectivity index (χ2v) is 6.21. The molecule has 20 heavy (non-hydrogen) atoms. The number of benzene rings is 2. The molecule has 1 aliphatic rings. The Hall–Kier alpha value is -1.81. The number of anilines is 1. The summed E-state index contributed by atoms with van der Waals surface area (Å²) in [6.07, 6.45) is -0.405. The Morgan fingerprint density at radius 3 is 2.60 bits per heavy atom.